The van der Waals surface area contributed by atoms with E-state index in [0.717, 1.165) is 18.8 Å². The van der Waals surface area contributed by atoms with Crippen LogP contribution in [0.5, 0.6) is 11.6 Å². The molecule has 0 amide bonds. The Hall–Kier alpha value is -2.56. The molecule has 0 unspecified atom stereocenters. The minimum Gasteiger partial charge on any atom is -0.462 e. The molecule has 0 saturated carbocycles. The van der Waals surface area contributed by atoms with Crippen molar-refractivity contribution in [2.45, 2.75) is 19.8 Å². The van der Waals surface area contributed by atoms with E-state index in [1.54, 1.807) is 25.3 Å². The third-order valence-corrected chi connectivity index (χ3v) is 3.76. The number of aromatic nitrogens is 1. The Labute approximate surface area is 135 Å². The van der Waals surface area contributed by atoms with E-state index < -0.39 is 0 Å². The van der Waals surface area contributed by atoms with Crippen LogP contribution in [0, 0.1) is 0 Å². The predicted molar refractivity (Wildman–Crippen MR) is 88.2 cm³/mol. The molecule has 2 heterocycles. The van der Waals surface area contributed by atoms with E-state index in [0.29, 0.717) is 23.8 Å². The summed E-state index contributed by atoms with van der Waals surface area (Å²) in [6.07, 6.45) is 4.01. The molecule has 0 aliphatic carbocycles. The number of hydrogen-bond acceptors (Lipinski definition) is 5. The predicted octanol–water partition coefficient (Wildman–Crippen LogP) is 3.65. The van der Waals surface area contributed by atoms with Gasteiger partial charge < -0.3 is 14.4 Å². The fraction of sp³-hybridized carbons (Fsp3) is 0.333. The van der Waals surface area contributed by atoms with Gasteiger partial charge in [0.2, 0.25) is 5.88 Å². The molecule has 1 aliphatic heterocycles. The highest BCUT2D eigenvalue weighted by Gasteiger charge is 2.13. The number of hydrogen-bond donors (Lipinski definition) is 0. The van der Waals surface area contributed by atoms with Crippen molar-refractivity contribution in [3.63, 3.8) is 0 Å². The molecule has 1 aromatic carbocycles. The van der Waals surface area contributed by atoms with Crippen molar-refractivity contribution >= 4 is 11.7 Å². The van der Waals surface area contributed by atoms with Crippen LogP contribution >= 0.6 is 0 Å². The van der Waals surface area contributed by atoms with Gasteiger partial charge in [-0.1, -0.05) is 6.07 Å². The Morgan fingerprint density at radius 1 is 1.22 bits per heavy atom. The van der Waals surface area contributed by atoms with Gasteiger partial charge in [0.15, 0.2) is 0 Å². The molecule has 0 spiro atoms. The van der Waals surface area contributed by atoms with Crippen LogP contribution < -0.4 is 9.64 Å². The molecule has 23 heavy (non-hydrogen) atoms. The fourth-order valence-corrected chi connectivity index (χ4v) is 2.65. The number of nitrogens with zero attached hydrogens (tertiary/aromatic N) is 2. The zero-order valence-electron chi connectivity index (χ0n) is 13.2. The second-order valence-corrected chi connectivity index (χ2v) is 5.40. The van der Waals surface area contributed by atoms with E-state index in [2.05, 4.69) is 16.0 Å². The standard InChI is InChI=1S/C18H20N2O3/c1-2-22-18(21)14-8-9-19-17(12-14)23-16-7-5-6-15(13-16)20-10-3-4-11-20/h5-9,12-13H,2-4,10-11H2,1H3. The number of benzene rings is 1. The molecule has 5 nitrogen and oxygen atoms in total. The van der Waals surface area contributed by atoms with Gasteiger partial charge in [0.25, 0.3) is 0 Å². The second kappa shape index (κ2) is 7.13. The maximum Gasteiger partial charge on any atom is 0.338 e. The lowest BCUT2D eigenvalue weighted by Gasteiger charge is -2.18. The van der Waals surface area contributed by atoms with Gasteiger partial charge in [-0.15, -0.1) is 0 Å². The molecule has 1 fully saturated rings. The van der Waals surface area contributed by atoms with Crippen molar-refractivity contribution < 1.29 is 14.3 Å². The molecule has 0 atom stereocenters. The van der Waals surface area contributed by atoms with Crippen LogP contribution in [0.3, 0.4) is 0 Å². The summed E-state index contributed by atoms with van der Waals surface area (Å²) in [5.74, 6) is 0.725. The summed E-state index contributed by atoms with van der Waals surface area (Å²) in [5.41, 5.74) is 1.59. The summed E-state index contributed by atoms with van der Waals surface area (Å²) in [7, 11) is 0. The van der Waals surface area contributed by atoms with Gasteiger partial charge in [-0.05, 0) is 38.0 Å². The summed E-state index contributed by atoms with van der Waals surface area (Å²) in [5, 5.41) is 0. The van der Waals surface area contributed by atoms with Crippen molar-refractivity contribution in [3.8, 4) is 11.6 Å². The van der Waals surface area contributed by atoms with E-state index >= 15 is 0 Å². The number of esters is 1. The summed E-state index contributed by atoms with van der Waals surface area (Å²) >= 11 is 0. The van der Waals surface area contributed by atoms with E-state index in [9.17, 15) is 4.79 Å². The number of carbonyl (C=O) groups is 1. The number of ether oxygens (including phenoxy) is 2. The molecular formula is C18H20N2O3. The summed E-state index contributed by atoms with van der Waals surface area (Å²) in [6, 6.07) is 11.2. The lowest BCUT2D eigenvalue weighted by atomic mass is 10.2. The first kappa shape index (κ1) is 15.3. The molecule has 0 bridgehead atoms. The van der Waals surface area contributed by atoms with Crippen LogP contribution in [-0.4, -0.2) is 30.6 Å². The molecule has 2 aromatic rings. The summed E-state index contributed by atoms with van der Waals surface area (Å²) in [6.45, 7) is 4.29. The smallest absolute Gasteiger partial charge is 0.338 e. The minimum absolute atomic E-state index is 0.342. The monoisotopic (exact) mass is 312 g/mol. The Morgan fingerprint density at radius 3 is 2.83 bits per heavy atom. The lowest BCUT2D eigenvalue weighted by molar-refractivity contribution is 0.0526. The molecule has 3 rings (SSSR count). The normalized spacial score (nSPS) is 13.9. The van der Waals surface area contributed by atoms with Gasteiger partial charge in [-0.25, -0.2) is 9.78 Å². The van der Waals surface area contributed by atoms with Gasteiger partial charge in [0, 0.05) is 37.1 Å². The van der Waals surface area contributed by atoms with Gasteiger partial charge in [0.05, 0.1) is 12.2 Å². The third-order valence-electron chi connectivity index (χ3n) is 3.76. The largest absolute Gasteiger partial charge is 0.462 e. The number of carbonyl (C=O) groups excluding carboxylic acids is 1. The summed E-state index contributed by atoms with van der Waals surface area (Å²) < 4.78 is 10.8. The number of rotatable bonds is 5. The van der Waals surface area contributed by atoms with E-state index in [-0.39, 0.29) is 5.97 Å². The maximum atomic E-state index is 11.8. The van der Waals surface area contributed by atoms with Crippen LogP contribution in [0.15, 0.2) is 42.6 Å². The van der Waals surface area contributed by atoms with Crippen molar-refractivity contribution in [2.24, 2.45) is 0 Å². The average molecular weight is 312 g/mol. The number of pyridine rings is 1. The van der Waals surface area contributed by atoms with Crippen molar-refractivity contribution in [3.05, 3.63) is 48.2 Å². The Balaban J connectivity index is 1.75. The molecule has 1 aromatic heterocycles. The second-order valence-electron chi connectivity index (χ2n) is 5.40. The first-order valence-corrected chi connectivity index (χ1v) is 7.92. The molecule has 0 N–H and O–H groups in total. The Kier molecular flexibility index (Phi) is 4.76. The van der Waals surface area contributed by atoms with E-state index in [1.807, 2.05) is 18.2 Å². The van der Waals surface area contributed by atoms with Gasteiger partial charge in [-0.3, -0.25) is 0 Å². The number of anilines is 1. The zero-order chi connectivity index (χ0) is 16.1. The molecular weight excluding hydrogens is 292 g/mol. The van der Waals surface area contributed by atoms with Crippen LogP contribution in [0.4, 0.5) is 5.69 Å². The first-order chi connectivity index (χ1) is 11.3. The van der Waals surface area contributed by atoms with Gasteiger partial charge in [0.1, 0.15) is 5.75 Å². The maximum absolute atomic E-state index is 11.8. The molecule has 120 valence electrons. The van der Waals surface area contributed by atoms with Crippen LogP contribution in [0.1, 0.15) is 30.1 Å². The van der Waals surface area contributed by atoms with Crippen LogP contribution in [-0.2, 0) is 4.74 Å². The highest BCUT2D eigenvalue weighted by Crippen LogP contribution is 2.27. The quantitative estimate of drug-likeness (QED) is 0.789. The highest BCUT2D eigenvalue weighted by atomic mass is 16.5. The Bertz CT molecular complexity index is 681. The minimum atomic E-state index is -0.370. The molecule has 5 heteroatoms. The molecule has 0 radical (unpaired) electrons. The van der Waals surface area contributed by atoms with Crippen molar-refractivity contribution in [1.29, 1.82) is 0 Å². The molecule has 1 aliphatic rings. The SMILES string of the molecule is CCOC(=O)c1ccnc(Oc2cccc(N3CCCC3)c2)c1. The van der Waals surface area contributed by atoms with Crippen LogP contribution in [0.25, 0.3) is 0 Å². The zero-order valence-corrected chi connectivity index (χ0v) is 13.2. The first-order valence-electron chi connectivity index (χ1n) is 7.92. The topological polar surface area (TPSA) is 51.7 Å². The average Bonchev–Trinajstić information content (AvgIpc) is 3.10. The van der Waals surface area contributed by atoms with Gasteiger partial charge in [-0.2, -0.15) is 0 Å². The van der Waals surface area contributed by atoms with Crippen molar-refractivity contribution in [1.82, 2.24) is 4.98 Å². The Morgan fingerprint density at radius 2 is 2.04 bits per heavy atom. The van der Waals surface area contributed by atoms with Crippen LogP contribution in [0.2, 0.25) is 0 Å². The lowest BCUT2D eigenvalue weighted by Crippen LogP contribution is -2.17. The van der Waals surface area contributed by atoms with Crippen molar-refractivity contribution in [2.75, 3.05) is 24.6 Å². The van der Waals surface area contributed by atoms with E-state index in [1.165, 1.54) is 12.8 Å². The van der Waals surface area contributed by atoms with Gasteiger partial charge >= 0.3 is 5.97 Å². The highest BCUT2D eigenvalue weighted by molar-refractivity contribution is 5.89. The fourth-order valence-electron chi connectivity index (χ4n) is 2.65. The molecule has 1 saturated heterocycles. The van der Waals surface area contributed by atoms with E-state index in [4.69, 9.17) is 9.47 Å². The third kappa shape index (κ3) is 3.80. The summed E-state index contributed by atoms with van der Waals surface area (Å²) in [4.78, 5) is 18.3.